The van der Waals surface area contributed by atoms with E-state index in [9.17, 15) is 28.7 Å². The van der Waals surface area contributed by atoms with E-state index in [0.717, 1.165) is 27.5 Å². The number of phenolic OH excluding ortho intramolecular Hbond substituents is 1. The van der Waals surface area contributed by atoms with Crippen molar-refractivity contribution in [3.63, 3.8) is 0 Å². The number of allylic oxidation sites excluding steroid dienone is 2. The standard InChI is InChI=1S/C35H28Cl3FN2O7/c1-16-4-7-19(12-24(16)36)40-30(43)22-11-10-21-23(27(22)31(40)44)15-34(37)32(45)41(18-8-5-17(39)6-9-18)33(46)35(34,38)29(21)28-25(47-2)13-20(42)14-26(28)48-3/h4-10,12-14,22-23,27,29,42H,11,15H2,1-3H3. The van der Waals surface area contributed by atoms with Gasteiger partial charge in [-0.25, -0.2) is 14.2 Å². The molecule has 1 saturated carbocycles. The number of hydrogen-bond acceptors (Lipinski definition) is 7. The summed E-state index contributed by atoms with van der Waals surface area (Å²) in [5, 5.41) is 10.9. The lowest BCUT2D eigenvalue weighted by Crippen LogP contribution is -2.60. The molecule has 0 radical (unpaired) electrons. The van der Waals surface area contributed by atoms with Gasteiger partial charge in [0.15, 0.2) is 9.75 Å². The number of hydrogen-bond donors (Lipinski definition) is 1. The van der Waals surface area contributed by atoms with E-state index in [1.807, 2.05) is 0 Å². The van der Waals surface area contributed by atoms with Crippen LogP contribution in [0, 0.1) is 30.5 Å². The Balaban J connectivity index is 1.44. The summed E-state index contributed by atoms with van der Waals surface area (Å²) in [4.78, 5) is 54.9. The molecule has 7 rings (SSSR count). The Hall–Kier alpha value is -4.12. The van der Waals surface area contributed by atoms with Gasteiger partial charge in [0.2, 0.25) is 11.8 Å². The molecule has 0 spiro atoms. The smallest absolute Gasteiger partial charge is 0.258 e. The number of fused-ring (bicyclic) bond motifs is 4. The predicted molar refractivity (Wildman–Crippen MR) is 176 cm³/mol. The lowest BCUT2D eigenvalue weighted by molar-refractivity contribution is -0.125. The van der Waals surface area contributed by atoms with E-state index in [0.29, 0.717) is 16.3 Å². The van der Waals surface area contributed by atoms with Crippen LogP contribution in [0.1, 0.15) is 29.9 Å². The van der Waals surface area contributed by atoms with Gasteiger partial charge in [-0.15, -0.1) is 23.2 Å². The molecule has 6 unspecified atom stereocenters. The van der Waals surface area contributed by atoms with E-state index in [1.54, 1.807) is 31.2 Å². The third-order valence-electron chi connectivity index (χ3n) is 10.1. The van der Waals surface area contributed by atoms with Gasteiger partial charge in [-0.2, -0.15) is 0 Å². The third kappa shape index (κ3) is 4.28. The van der Waals surface area contributed by atoms with Gasteiger partial charge in [0.05, 0.1) is 37.4 Å². The van der Waals surface area contributed by atoms with Crippen molar-refractivity contribution >= 4 is 69.8 Å². The lowest BCUT2D eigenvalue weighted by Gasteiger charge is -2.51. The molecule has 13 heteroatoms. The van der Waals surface area contributed by atoms with Crippen LogP contribution in [0.15, 0.2) is 66.2 Å². The molecule has 3 fully saturated rings. The highest BCUT2D eigenvalue weighted by Crippen LogP contribution is 2.67. The Morgan fingerprint density at radius 3 is 2.08 bits per heavy atom. The maximum absolute atomic E-state index is 14.6. The van der Waals surface area contributed by atoms with Crippen molar-refractivity contribution in [3.05, 3.63) is 88.2 Å². The highest BCUT2D eigenvalue weighted by atomic mass is 35.5. The van der Waals surface area contributed by atoms with Crippen LogP contribution >= 0.6 is 34.8 Å². The number of rotatable bonds is 5. The zero-order chi connectivity index (χ0) is 34.4. The van der Waals surface area contributed by atoms with Gasteiger partial charge in [-0.3, -0.25) is 19.2 Å². The minimum Gasteiger partial charge on any atom is -0.508 e. The lowest BCUT2D eigenvalue weighted by atomic mass is 9.56. The normalized spacial score (nSPS) is 29.4. The van der Waals surface area contributed by atoms with Crippen molar-refractivity contribution in [1.82, 2.24) is 0 Å². The second-order valence-corrected chi connectivity index (χ2v) is 14.1. The number of carbonyl (C=O) groups is 4. The summed E-state index contributed by atoms with van der Waals surface area (Å²) >= 11 is 21.3. The minimum atomic E-state index is -2.22. The molecule has 0 aromatic heterocycles. The summed E-state index contributed by atoms with van der Waals surface area (Å²) in [7, 11) is 2.71. The molecule has 1 N–H and O–H groups in total. The van der Waals surface area contributed by atoms with Gasteiger partial charge in [0, 0.05) is 28.6 Å². The van der Waals surface area contributed by atoms with Gasteiger partial charge >= 0.3 is 0 Å². The fourth-order valence-electron chi connectivity index (χ4n) is 7.90. The number of aromatic hydroxyl groups is 1. The number of alkyl halides is 2. The Kier molecular flexibility index (Phi) is 7.58. The van der Waals surface area contributed by atoms with Crippen LogP contribution < -0.4 is 19.3 Å². The zero-order valence-corrected chi connectivity index (χ0v) is 28.1. The first kappa shape index (κ1) is 32.4. The maximum atomic E-state index is 14.6. The van der Waals surface area contributed by atoms with Gasteiger partial charge in [-0.05, 0) is 67.6 Å². The number of phenols is 1. The van der Waals surface area contributed by atoms with Crippen molar-refractivity contribution in [3.8, 4) is 17.2 Å². The van der Waals surface area contributed by atoms with Crippen LogP contribution in [0.25, 0.3) is 0 Å². The van der Waals surface area contributed by atoms with Gasteiger partial charge in [-0.1, -0.05) is 29.3 Å². The second kappa shape index (κ2) is 11.2. The molecule has 48 heavy (non-hydrogen) atoms. The Bertz CT molecular complexity index is 1940. The molecule has 0 bridgehead atoms. The SMILES string of the molecule is COc1cc(O)cc(OC)c1C1C2=CCC3C(=O)N(c4ccc(C)c(Cl)c4)C(=O)C3C2CC2(Cl)C(=O)N(c3ccc(F)cc3)C(=O)C12Cl. The minimum absolute atomic E-state index is 0.0496. The first-order valence-electron chi connectivity index (χ1n) is 15.1. The highest BCUT2D eigenvalue weighted by Gasteiger charge is 2.77. The third-order valence-corrected chi connectivity index (χ3v) is 11.9. The molecule has 248 valence electrons. The number of imide groups is 2. The number of amides is 4. The van der Waals surface area contributed by atoms with Crippen LogP contribution in [0.2, 0.25) is 5.02 Å². The van der Waals surface area contributed by atoms with Crippen LogP contribution in [0.3, 0.4) is 0 Å². The van der Waals surface area contributed by atoms with Gasteiger partial charge in [0.1, 0.15) is 23.1 Å². The average Bonchev–Trinajstić information content (AvgIpc) is 3.40. The first-order valence-corrected chi connectivity index (χ1v) is 16.2. The highest BCUT2D eigenvalue weighted by molar-refractivity contribution is 6.58. The summed E-state index contributed by atoms with van der Waals surface area (Å²) in [5.74, 6) is -7.11. The molecule has 9 nitrogen and oxygen atoms in total. The molecule has 4 amide bonds. The first-order chi connectivity index (χ1) is 22.8. The quantitative estimate of drug-likeness (QED) is 0.188. The molecule has 2 aliphatic carbocycles. The van der Waals surface area contributed by atoms with Crippen LogP contribution in [-0.4, -0.2) is 52.7 Å². The van der Waals surface area contributed by atoms with Crippen LogP contribution in [-0.2, 0) is 19.2 Å². The van der Waals surface area contributed by atoms with Crippen LogP contribution in [0.4, 0.5) is 15.8 Å². The summed E-state index contributed by atoms with van der Waals surface area (Å²) < 4.78 is 25.3. The monoisotopic (exact) mass is 712 g/mol. The molecule has 4 aliphatic rings. The number of carbonyl (C=O) groups excluding carboxylic acids is 4. The summed E-state index contributed by atoms with van der Waals surface area (Å²) in [6, 6.07) is 12.3. The largest absolute Gasteiger partial charge is 0.508 e. The maximum Gasteiger partial charge on any atom is 0.258 e. The van der Waals surface area contributed by atoms with Crippen molar-refractivity contribution in [2.45, 2.75) is 35.4 Å². The fourth-order valence-corrected chi connectivity index (χ4v) is 8.99. The number of ether oxygens (including phenoxy) is 2. The molecule has 2 saturated heterocycles. The number of halogens is 4. The number of anilines is 2. The fraction of sp³-hybridized carbons (Fsp3) is 0.314. The average molecular weight is 714 g/mol. The molecule has 6 atom stereocenters. The predicted octanol–water partition coefficient (Wildman–Crippen LogP) is 6.28. The number of aryl methyl sites for hydroxylation is 1. The number of methoxy groups -OCH3 is 2. The molecule has 3 aromatic carbocycles. The zero-order valence-electron chi connectivity index (χ0n) is 25.8. The van der Waals surface area contributed by atoms with Crippen molar-refractivity contribution in [1.29, 1.82) is 0 Å². The number of benzene rings is 3. The van der Waals surface area contributed by atoms with Crippen molar-refractivity contribution < 1.29 is 38.1 Å². The Labute approximate surface area is 289 Å². The van der Waals surface area contributed by atoms with E-state index in [2.05, 4.69) is 0 Å². The summed E-state index contributed by atoms with van der Waals surface area (Å²) in [6.45, 7) is 1.80. The molecular formula is C35H28Cl3FN2O7. The van der Waals surface area contributed by atoms with E-state index >= 15 is 0 Å². The molecule has 2 heterocycles. The van der Waals surface area contributed by atoms with E-state index < -0.39 is 62.9 Å². The Morgan fingerprint density at radius 1 is 0.854 bits per heavy atom. The van der Waals surface area contributed by atoms with Gasteiger partial charge < -0.3 is 14.6 Å². The van der Waals surface area contributed by atoms with Crippen molar-refractivity contribution in [2.24, 2.45) is 17.8 Å². The summed E-state index contributed by atoms with van der Waals surface area (Å²) in [5.41, 5.74) is 1.84. The molecule has 2 aliphatic heterocycles. The van der Waals surface area contributed by atoms with E-state index in [4.69, 9.17) is 44.3 Å². The number of nitrogens with zero attached hydrogens (tertiary/aromatic N) is 2. The topological polar surface area (TPSA) is 113 Å². The van der Waals surface area contributed by atoms with E-state index in [-0.39, 0.29) is 41.3 Å². The van der Waals surface area contributed by atoms with E-state index in [1.165, 1.54) is 38.5 Å². The Morgan fingerprint density at radius 2 is 1.48 bits per heavy atom. The summed E-state index contributed by atoms with van der Waals surface area (Å²) in [6.07, 6.45) is 1.63. The van der Waals surface area contributed by atoms with Crippen molar-refractivity contribution in [2.75, 3.05) is 24.0 Å². The molecular weight excluding hydrogens is 686 g/mol. The molecule has 3 aromatic rings. The van der Waals surface area contributed by atoms with Crippen LogP contribution in [0.5, 0.6) is 17.2 Å². The second-order valence-electron chi connectivity index (χ2n) is 12.5. The van der Waals surface area contributed by atoms with Gasteiger partial charge in [0.25, 0.3) is 11.8 Å².